The molecule has 0 aliphatic rings. The van der Waals surface area contributed by atoms with Crippen molar-refractivity contribution in [1.82, 2.24) is 4.90 Å². The zero-order valence-electron chi connectivity index (χ0n) is 13.5. The van der Waals surface area contributed by atoms with Crippen LogP contribution in [0.1, 0.15) is 38.1 Å². The summed E-state index contributed by atoms with van der Waals surface area (Å²) in [6, 6.07) is 6.11. The van der Waals surface area contributed by atoms with Gasteiger partial charge in [-0.3, -0.25) is 4.90 Å². The highest BCUT2D eigenvalue weighted by atomic mass is 16.5. The Kier molecular flexibility index (Phi) is 7.23. The third kappa shape index (κ3) is 7.14. The SMILES string of the molecule is CC(C)CN(CCOC(=O)c1ccc(O)cc1)CC(C)C. The zero-order chi connectivity index (χ0) is 15.8. The zero-order valence-corrected chi connectivity index (χ0v) is 13.5. The molecule has 1 aromatic rings. The number of aromatic hydroxyl groups is 1. The van der Waals surface area contributed by atoms with Crippen LogP contribution in [0.2, 0.25) is 0 Å². The molecule has 0 spiro atoms. The van der Waals surface area contributed by atoms with Gasteiger partial charge in [-0.05, 0) is 36.1 Å². The summed E-state index contributed by atoms with van der Waals surface area (Å²) in [5, 5.41) is 9.20. The first-order valence-electron chi connectivity index (χ1n) is 7.57. The number of ether oxygens (including phenoxy) is 1. The lowest BCUT2D eigenvalue weighted by molar-refractivity contribution is 0.0450. The molecule has 0 saturated heterocycles. The number of hydrogen-bond acceptors (Lipinski definition) is 4. The number of phenolic OH excluding ortho intramolecular Hbond substituents is 1. The van der Waals surface area contributed by atoms with E-state index in [1.807, 2.05) is 0 Å². The lowest BCUT2D eigenvalue weighted by atomic mass is 10.1. The van der Waals surface area contributed by atoms with Gasteiger partial charge in [0.05, 0.1) is 5.56 Å². The molecule has 0 unspecified atom stereocenters. The van der Waals surface area contributed by atoms with Gasteiger partial charge in [-0.25, -0.2) is 4.79 Å². The Labute approximate surface area is 127 Å². The fourth-order valence-electron chi connectivity index (χ4n) is 2.24. The van der Waals surface area contributed by atoms with Crippen LogP contribution in [0.3, 0.4) is 0 Å². The van der Waals surface area contributed by atoms with Crippen molar-refractivity contribution in [2.45, 2.75) is 27.7 Å². The largest absolute Gasteiger partial charge is 0.508 e. The van der Waals surface area contributed by atoms with Crippen molar-refractivity contribution in [3.05, 3.63) is 29.8 Å². The number of carbonyl (C=O) groups excluding carboxylic acids is 1. The van der Waals surface area contributed by atoms with E-state index in [9.17, 15) is 9.90 Å². The van der Waals surface area contributed by atoms with Gasteiger partial charge in [0.2, 0.25) is 0 Å². The van der Waals surface area contributed by atoms with Crippen molar-refractivity contribution < 1.29 is 14.6 Å². The second kappa shape index (κ2) is 8.67. The Morgan fingerprint density at radius 3 is 2.10 bits per heavy atom. The molecule has 21 heavy (non-hydrogen) atoms. The molecular weight excluding hydrogens is 266 g/mol. The molecule has 0 atom stereocenters. The van der Waals surface area contributed by atoms with Gasteiger partial charge in [0.1, 0.15) is 12.4 Å². The molecule has 0 radical (unpaired) electrons. The summed E-state index contributed by atoms with van der Waals surface area (Å²) in [6.07, 6.45) is 0. The second-order valence-corrected chi connectivity index (χ2v) is 6.23. The van der Waals surface area contributed by atoms with Crippen LogP contribution >= 0.6 is 0 Å². The maximum absolute atomic E-state index is 11.9. The van der Waals surface area contributed by atoms with Gasteiger partial charge in [0.25, 0.3) is 0 Å². The first-order valence-corrected chi connectivity index (χ1v) is 7.57. The van der Waals surface area contributed by atoms with E-state index in [-0.39, 0.29) is 11.7 Å². The second-order valence-electron chi connectivity index (χ2n) is 6.23. The van der Waals surface area contributed by atoms with E-state index in [2.05, 4.69) is 32.6 Å². The topological polar surface area (TPSA) is 49.8 Å². The average Bonchev–Trinajstić information content (AvgIpc) is 2.37. The van der Waals surface area contributed by atoms with E-state index in [1.165, 1.54) is 12.1 Å². The fraction of sp³-hybridized carbons (Fsp3) is 0.588. The van der Waals surface area contributed by atoms with Gasteiger partial charge in [-0.2, -0.15) is 0 Å². The van der Waals surface area contributed by atoms with Crippen molar-refractivity contribution in [2.24, 2.45) is 11.8 Å². The molecule has 1 rings (SSSR count). The molecular formula is C17H27NO3. The maximum Gasteiger partial charge on any atom is 0.338 e. The minimum atomic E-state index is -0.343. The molecule has 1 aromatic carbocycles. The molecule has 0 saturated carbocycles. The van der Waals surface area contributed by atoms with Crippen LogP contribution < -0.4 is 0 Å². The first kappa shape index (κ1) is 17.5. The molecule has 1 N–H and O–H groups in total. The maximum atomic E-state index is 11.9. The number of rotatable bonds is 8. The lowest BCUT2D eigenvalue weighted by Gasteiger charge is -2.25. The minimum Gasteiger partial charge on any atom is -0.508 e. The van der Waals surface area contributed by atoms with Crippen LogP contribution in [-0.4, -0.2) is 42.2 Å². The normalized spacial score (nSPS) is 11.4. The molecule has 0 aliphatic carbocycles. The highest BCUT2D eigenvalue weighted by Gasteiger charge is 2.11. The highest BCUT2D eigenvalue weighted by molar-refractivity contribution is 5.89. The molecule has 0 aromatic heterocycles. The van der Waals surface area contributed by atoms with Crippen LogP contribution in [0.25, 0.3) is 0 Å². The number of benzene rings is 1. The smallest absolute Gasteiger partial charge is 0.338 e. The Hall–Kier alpha value is -1.55. The van der Waals surface area contributed by atoms with Crippen molar-refractivity contribution in [3.8, 4) is 5.75 Å². The third-order valence-electron chi connectivity index (χ3n) is 2.99. The minimum absolute atomic E-state index is 0.145. The summed E-state index contributed by atoms with van der Waals surface area (Å²) in [6.45, 7) is 11.9. The van der Waals surface area contributed by atoms with Crippen molar-refractivity contribution in [3.63, 3.8) is 0 Å². The van der Waals surface area contributed by atoms with E-state index >= 15 is 0 Å². The molecule has 118 valence electrons. The lowest BCUT2D eigenvalue weighted by Crippen LogP contribution is -2.34. The van der Waals surface area contributed by atoms with E-state index in [4.69, 9.17) is 4.74 Å². The first-order chi connectivity index (χ1) is 9.88. The van der Waals surface area contributed by atoms with Crippen LogP contribution in [-0.2, 0) is 4.74 Å². The van der Waals surface area contributed by atoms with Gasteiger partial charge in [0, 0.05) is 19.6 Å². The van der Waals surface area contributed by atoms with Crippen LogP contribution in [0, 0.1) is 11.8 Å². The van der Waals surface area contributed by atoms with E-state index in [1.54, 1.807) is 12.1 Å². The average molecular weight is 293 g/mol. The van der Waals surface area contributed by atoms with Crippen molar-refractivity contribution in [2.75, 3.05) is 26.2 Å². The Morgan fingerprint density at radius 1 is 1.10 bits per heavy atom. The molecule has 4 heteroatoms. The van der Waals surface area contributed by atoms with E-state index in [0.29, 0.717) is 24.0 Å². The number of esters is 1. The van der Waals surface area contributed by atoms with Crippen LogP contribution in [0.5, 0.6) is 5.75 Å². The van der Waals surface area contributed by atoms with Crippen LogP contribution in [0.4, 0.5) is 0 Å². The van der Waals surface area contributed by atoms with Crippen LogP contribution in [0.15, 0.2) is 24.3 Å². The van der Waals surface area contributed by atoms with Gasteiger partial charge >= 0.3 is 5.97 Å². The number of carbonyl (C=O) groups is 1. The van der Waals surface area contributed by atoms with Crippen molar-refractivity contribution >= 4 is 5.97 Å². The molecule has 0 fully saturated rings. The number of nitrogens with zero attached hydrogens (tertiary/aromatic N) is 1. The third-order valence-corrected chi connectivity index (χ3v) is 2.99. The number of phenols is 1. The summed E-state index contributed by atoms with van der Waals surface area (Å²) in [7, 11) is 0. The predicted octanol–water partition coefficient (Wildman–Crippen LogP) is 3.16. The summed E-state index contributed by atoms with van der Waals surface area (Å²) in [4.78, 5) is 14.2. The van der Waals surface area contributed by atoms with Gasteiger partial charge in [-0.15, -0.1) is 0 Å². The highest BCUT2D eigenvalue weighted by Crippen LogP contribution is 2.10. The van der Waals surface area contributed by atoms with Gasteiger partial charge in [0.15, 0.2) is 0 Å². The van der Waals surface area contributed by atoms with Gasteiger partial charge in [-0.1, -0.05) is 27.7 Å². The van der Waals surface area contributed by atoms with Crippen molar-refractivity contribution in [1.29, 1.82) is 0 Å². The summed E-state index contributed by atoms with van der Waals surface area (Å²) < 4.78 is 5.30. The fourth-order valence-corrected chi connectivity index (χ4v) is 2.24. The predicted molar refractivity (Wildman–Crippen MR) is 84.5 cm³/mol. The van der Waals surface area contributed by atoms with Gasteiger partial charge < -0.3 is 9.84 Å². The Bertz CT molecular complexity index is 416. The molecule has 0 amide bonds. The Balaban J connectivity index is 2.41. The summed E-state index contributed by atoms with van der Waals surface area (Å²) in [5.41, 5.74) is 0.465. The molecule has 0 bridgehead atoms. The molecule has 0 heterocycles. The quantitative estimate of drug-likeness (QED) is 0.748. The van der Waals surface area contributed by atoms with E-state index < -0.39 is 0 Å². The number of hydrogen-bond donors (Lipinski definition) is 1. The molecule has 4 nitrogen and oxygen atoms in total. The Morgan fingerprint density at radius 2 is 1.62 bits per heavy atom. The monoisotopic (exact) mass is 293 g/mol. The summed E-state index contributed by atoms with van der Waals surface area (Å²) in [5.74, 6) is 0.990. The van der Waals surface area contributed by atoms with E-state index in [0.717, 1.165) is 19.6 Å². The standard InChI is InChI=1S/C17H27NO3/c1-13(2)11-18(12-14(3)4)9-10-21-17(20)15-5-7-16(19)8-6-15/h5-8,13-14,19H,9-12H2,1-4H3. The molecule has 0 aliphatic heterocycles. The summed E-state index contributed by atoms with van der Waals surface area (Å²) >= 11 is 0.